The van der Waals surface area contributed by atoms with E-state index >= 15 is 0 Å². The lowest BCUT2D eigenvalue weighted by Gasteiger charge is -2.09. The molecule has 0 unspecified atom stereocenters. The number of aromatic nitrogens is 2. The molecule has 0 atom stereocenters. The molecule has 0 fully saturated rings. The van der Waals surface area contributed by atoms with Crippen molar-refractivity contribution in [2.75, 3.05) is 12.1 Å². The normalized spacial score (nSPS) is 11.8. The molecule has 1 aromatic heterocycles. The maximum Gasteiger partial charge on any atom is 0.251 e. The van der Waals surface area contributed by atoms with E-state index < -0.39 is 0 Å². The molecular weight excluding hydrogens is 416 g/mol. The maximum absolute atomic E-state index is 12.5. The van der Waals surface area contributed by atoms with Gasteiger partial charge in [-0.2, -0.15) is 0 Å². The molecule has 1 aliphatic heterocycles. The molecule has 5 rings (SSSR count). The third-order valence-electron chi connectivity index (χ3n) is 5.32. The molecule has 2 heterocycles. The molecule has 0 bridgehead atoms. The number of benzene rings is 3. The monoisotopic (exact) mass is 438 g/mol. The van der Waals surface area contributed by atoms with Gasteiger partial charge in [0.1, 0.15) is 0 Å². The van der Waals surface area contributed by atoms with Crippen LogP contribution in [0.4, 0.5) is 11.5 Å². The molecule has 0 saturated carbocycles. The van der Waals surface area contributed by atoms with Crippen molar-refractivity contribution < 1.29 is 14.3 Å². The van der Waals surface area contributed by atoms with Gasteiger partial charge in [-0.05, 0) is 61.0 Å². The molecule has 3 aromatic carbocycles. The molecule has 7 heteroatoms. The molecule has 33 heavy (non-hydrogen) atoms. The Balaban J connectivity index is 1.18. The van der Waals surface area contributed by atoms with Crippen LogP contribution in [0, 0.1) is 6.92 Å². The second-order valence-electron chi connectivity index (χ2n) is 7.74. The lowest BCUT2D eigenvalue weighted by atomic mass is 10.1. The number of carbonyl (C=O) groups excluding carboxylic acids is 1. The van der Waals surface area contributed by atoms with Crippen molar-refractivity contribution in [1.29, 1.82) is 0 Å². The number of fused-ring (bicyclic) bond motifs is 1. The van der Waals surface area contributed by atoms with Gasteiger partial charge in [-0.3, -0.25) is 4.79 Å². The quantitative estimate of drug-likeness (QED) is 0.447. The molecule has 0 radical (unpaired) electrons. The Morgan fingerprint density at radius 2 is 1.67 bits per heavy atom. The Morgan fingerprint density at radius 1 is 0.879 bits per heavy atom. The molecule has 1 amide bonds. The zero-order chi connectivity index (χ0) is 22.6. The first-order chi connectivity index (χ1) is 16.1. The molecule has 0 aliphatic carbocycles. The van der Waals surface area contributed by atoms with Crippen LogP contribution in [-0.4, -0.2) is 22.9 Å². The number of amides is 1. The third-order valence-corrected chi connectivity index (χ3v) is 5.32. The third kappa shape index (κ3) is 4.77. The molecular formula is C26H22N4O3. The van der Waals surface area contributed by atoms with Gasteiger partial charge < -0.3 is 20.1 Å². The van der Waals surface area contributed by atoms with Crippen LogP contribution in [0.5, 0.6) is 11.5 Å². The van der Waals surface area contributed by atoms with Crippen LogP contribution < -0.4 is 20.1 Å². The minimum atomic E-state index is -0.151. The first-order valence-corrected chi connectivity index (χ1v) is 10.6. The Hall–Kier alpha value is -4.39. The highest BCUT2D eigenvalue weighted by atomic mass is 16.7. The van der Waals surface area contributed by atoms with E-state index in [1.54, 1.807) is 12.1 Å². The fourth-order valence-electron chi connectivity index (χ4n) is 3.47. The molecule has 0 saturated heterocycles. The average molecular weight is 438 g/mol. The van der Waals surface area contributed by atoms with Crippen LogP contribution in [0.25, 0.3) is 11.3 Å². The molecule has 4 aromatic rings. The van der Waals surface area contributed by atoms with Gasteiger partial charge in [0.15, 0.2) is 17.3 Å². The zero-order valence-electron chi connectivity index (χ0n) is 18.0. The van der Waals surface area contributed by atoms with Crippen molar-refractivity contribution in [2.24, 2.45) is 0 Å². The second kappa shape index (κ2) is 9.00. The Morgan fingerprint density at radius 3 is 2.42 bits per heavy atom. The molecule has 0 spiro atoms. The summed E-state index contributed by atoms with van der Waals surface area (Å²) in [7, 11) is 0. The summed E-state index contributed by atoms with van der Waals surface area (Å²) in [5.41, 5.74) is 5.38. The van der Waals surface area contributed by atoms with Crippen molar-refractivity contribution >= 4 is 17.4 Å². The number of hydrogen-bond acceptors (Lipinski definition) is 6. The molecule has 1 aliphatic rings. The SMILES string of the molecule is Cc1ccc(-c2ccc(Nc3ccc(C(=O)NCc4ccc5c(c4)OCO5)cc3)nn2)cc1. The first-order valence-electron chi connectivity index (χ1n) is 10.6. The smallest absolute Gasteiger partial charge is 0.251 e. The van der Waals surface area contributed by atoms with E-state index in [2.05, 4.69) is 39.9 Å². The highest BCUT2D eigenvalue weighted by Gasteiger charge is 2.13. The van der Waals surface area contributed by atoms with E-state index in [1.165, 1.54) is 5.56 Å². The molecule has 2 N–H and O–H groups in total. The van der Waals surface area contributed by atoms with Crippen LogP contribution in [-0.2, 0) is 6.54 Å². The highest BCUT2D eigenvalue weighted by molar-refractivity contribution is 5.94. The molecule has 164 valence electrons. The molecule has 7 nitrogen and oxygen atoms in total. The second-order valence-corrected chi connectivity index (χ2v) is 7.74. The minimum absolute atomic E-state index is 0.151. The number of carbonyl (C=O) groups is 1. The maximum atomic E-state index is 12.5. The summed E-state index contributed by atoms with van der Waals surface area (Å²) in [6.07, 6.45) is 0. The fraction of sp³-hybridized carbons (Fsp3) is 0.115. The summed E-state index contributed by atoms with van der Waals surface area (Å²) < 4.78 is 10.7. The predicted octanol–water partition coefficient (Wildman–Crippen LogP) is 4.85. The Bertz CT molecular complexity index is 1270. The van der Waals surface area contributed by atoms with Crippen LogP contribution >= 0.6 is 0 Å². The fourth-order valence-corrected chi connectivity index (χ4v) is 3.47. The highest BCUT2D eigenvalue weighted by Crippen LogP contribution is 2.32. The number of nitrogens with zero attached hydrogens (tertiary/aromatic N) is 2. The number of rotatable bonds is 6. The van der Waals surface area contributed by atoms with Gasteiger partial charge in [0, 0.05) is 23.4 Å². The van der Waals surface area contributed by atoms with Crippen LogP contribution in [0.2, 0.25) is 0 Å². The van der Waals surface area contributed by atoms with Gasteiger partial charge in [-0.15, -0.1) is 10.2 Å². The first kappa shape index (κ1) is 20.5. The lowest BCUT2D eigenvalue weighted by Crippen LogP contribution is -2.22. The number of ether oxygens (including phenoxy) is 2. The van der Waals surface area contributed by atoms with E-state index in [-0.39, 0.29) is 12.7 Å². The number of nitrogens with one attached hydrogen (secondary N) is 2. The zero-order valence-corrected chi connectivity index (χ0v) is 18.0. The summed E-state index contributed by atoms with van der Waals surface area (Å²) in [5.74, 6) is 1.90. The standard InChI is InChI=1S/C26H22N4O3/c1-17-2-5-19(6-3-17)22-11-13-25(30-29-22)28-21-9-7-20(8-10-21)26(31)27-15-18-4-12-23-24(14-18)33-16-32-23/h2-14H,15-16H2,1H3,(H,27,31)(H,28,30). The number of aryl methyl sites for hydroxylation is 1. The lowest BCUT2D eigenvalue weighted by molar-refractivity contribution is 0.0951. The van der Waals surface area contributed by atoms with Gasteiger partial charge in [0.2, 0.25) is 6.79 Å². The van der Waals surface area contributed by atoms with E-state index in [9.17, 15) is 4.79 Å². The van der Waals surface area contributed by atoms with Crippen molar-refractivity contribution in [2.45, 2.75) is 13.5 Å². The van der Waals surface area contributed by atoms with E-state index in [4.69, 9.17) is 9.47 Å². The van der Waals surface area contributed by atoms with Crippen molar-refractivity contribution in [3.05, 3.63) is 95.6 Å². The predicted molar refractivity (Wildman–Crippen MR) is 126 cm³/mol. The topological polar surface area (TPSA) is 85.4 Å². The Kier molecular flexibility index (Phi) is 5.59. The summed E-state index contributed by atoms with van der Waals surface area (Å²) in [4.78, 5) is 12.5. The summed E-state index contributed by atoms with van der Waals surface area (Å²) >= 11 is 0. The van der Waals surface area contributed by atoms with Crippen molar-refractivity contribution in [1.82, 2.24) is 15.5 Å². The van der Waals surface area contributed by atoms with Crippen LogP contribution in [0.1, 0.15) is 21.5 Å². The van der Waals surface area contributed by atoms with E-state index in [0.29, 0.717) is 23.7 Å². The number of hydrogen-bond donors (Lipinski definition) is 2. The van der Waals surface area contributed by atoms with Gasteiger partial charge >= 0.3 is 0 Å². The van der Waals surface area contributed by atoms with E-state index in [1.807, 2.05) is 54.6 Å². The van der Waals surface area contributed by atoms with Crippen molar-refractivity contribution in [3.8, 4) is 22.8 Å². The van der Waals surface area contributed by atoms with Gasteiger partial charge in [0.25, 0.3) is 5.91 Å². The largest absolute Gasteiger partial charge is 0.454 e. The van der Waals surface area contributed by atoms with Gasteiger partial charge in [-0.1, -0.05) is 35.9 Å². The number of anilines is 2. The van der Waals surface area contributed by atoms with Crippen LogP contribution in [0.15, 0.2) is 78.9 Å². The van der Waals surface area contributed by atoms with Crippen molar-refractivity contribution in [3.63, 3.8) is 0 Å². The minimum Gasteiger partial charge on any atom is -0.454 e. The van der Waals surface area contributed by atoms with Gasteiger partial charge in [-0.25, -0.2) is 0 Å². The Labute approximate surface area is 191 Å². The van der Waals surface area contributed by atoms with Gasteiger partial charge in [0.05, 0.1) is 5.69 Å². The average Bonchev–Trinajstić information content (AvgIpc) is 3.32. The van der Waals surface area contributed by atoms with Crippen LogP contribution in [0.3, 0.4) is 0 Å². The van der Waals surface area contributed by atoms with E-state index in [0.717, 1.165) is 28.3 Å². The summed E-state index contributed by atoms with van der Waals surface area (Å²) in [5, 5.41) is 14.7. The summed E-state index contributed by atoms with van der Waals surface area (Å²) in [6, 6.07) is 24.8. The summed E-state index contributed by atoms with van der Waals surface area (Å²) in [6.45, 7) is 2.68.